The minimum absolute atomic E-state index is 0.114. The van der Waals surface area contributed by atoms with E-state index in [0.29, 0.717) is 0 Å². The van der Waals surface area contributed by atoms with Crippen LogP contribution in [0.1, 0.15) is 11.4 Å². The van der Waals surface area contributed by atoms with E-state index in [1.54, 1.807) is 0 Å². The van der Waals surface area contributed by atoms with Gasteiger partial charge in [0.2, 0.25) is 5.91 Å². The van der Waals surface area contributed by atoms with Crippen LogP contribution in [0, 0.1) is 13.8 Å². The fraction of sp³-hybridized carbons (Fsp3) is 0.333. The first-order chi connectivity index (χ1) is 6.13. The number of hydrogen-bond donors (Lipinski definition) is 2. The Bertz CT molecular complexity index is 325. The molecule has 0 atom stereocenters. The molecule has 0 saturated heterocycles. The van der Waals surface area contributed by atoms with Crippen molar-refractivity contribution in [2.24, 2.45) is 0 Å². The Kier molecular flexibility index (Phi) is 3.31. The summed E-state index contributed by atoms with van der Waals surface area (Å²) in [5.74, 6) is 0.0740. The predicted molar refractivity (Wildman–Crippen MR) is 56.2 cm³/mol. The molecule has 0 aromatic carbocycles. The molecular weight excluding hydrogens is 184 g/mol. The normalized spacial score (nSPS) is 9.77. The van der Waals surface area contributed by atoms with Gasteiger partial charge < -0.3 is 5.32 Å². The Labute approximate surface area is 83.0 Å². The number of hydrogen-bond acceptors (Lipinski definition) is 3. The minimum Gasteiger partial charge on any atom is -0.324 e. The van der Waals surface area contributed by atoms with E-state index in [1.165, 1.54) is 0 Å². The molecule has 1 heterocycles. The van der Waals surface area contributed by atoms with Crippen molar-refractivity contribution in [3.63, 3.8) is 0 Å². The van der Waals surface area contributed by atoms with Gasteiger partial charge in [-0.3, -0.25) is 9.78 Å². The number of amides is 1. The van der Waals surface area contributed by atoms with Crippen molar-refractivity contribution in [2.75, 3.05) is 11.1 Å². The molecule has 3 nitrogen and oxygen atoms in total. The number of anilines is 1. The summed E-state index contributed by atoms with van der Waals surface area (Å²) in [6, 6.07) is 3.71. The van der Waals surface area contributed by atoms with E-state index < -0.39 is 0 Å². The number of aryl methyl sites for hydroxylation is 2. The lowest BCUT2D eigenvalue weighted by atomic mass is 10.3. The van der Waals surface area contributed by atoms with E-state index in [9.17, 15) is 4.79 Å². The predicted octanol–water partition coefficient (Wildman–Crippen LogP) is 1.57. The molecule has 0 fully saturated rings. The summed E-state index contributed by atoms with van der Waals surface area (Å²) in [4.78, 5) is 15.2. The fourth-order valence-electron chi connectivity index (χ4n) is 1.01. The second-order valence-corrected chi connectivity index (χ2v) is 3.11. The maximum Gasteiger partial charge on any atom is 0.234 e. The van der Waals surface area contributed by atoms with Gasteiger partial charge in [0, 0.05) is 5.69 Å². The third-order valence-corrected chi connectivity index (χ3v) is 1.93. The highest BCUT2D eigenvalue weighted by Gasteiger charge is 2.02. The highest BCUT2D eigenvalue weighted by Crippen LogP contribution is 2.12. The molecule has 1 rings (SSSR count). The van der Waals surface area contributed by atoms with Crippen LogP contribution in [-0.4, -0.2) is 16.6 Å². The zero-order valence-electron chi connectivity index (χ0n) is 7.66. The molecule has 4 heteroatoms. The number of aromatic nitrogens is 1. The number of carbonyl (C=O) groups excluding carboxylic acids is 1. The molecule has 1 N–H and O–H groups in total. The van der Waals surface area contributed by atoms with Gasteiger partial charge in [0.25, 0.3) is 0 Å². The van der Waals surface area contributed by atoms with Gasteiger partial charge in [0.05, 0.1) is 17.1 Å². The summed E-state index contributed by atoms with van der Waals surface area (Å²) in [7, 11) is 0. The van der Waals surface area contributed by atoms with E-state index in [2.05, 4.69) is 22.9 Å². The molecule has 0 bridgehead atoms. The maximum absolute atomic E-state index is 11.0. The van der Waals surface area contributed by atoms with Crippen molar-refractivity contribution < 1.29 is 4.79 Å². The zero-order valence-corrected chi connectivity index (χ0v) is 8.56. The van der Waals surface area contributed by atoms with Crippen LogP contribution in [0.5, 0.6) is 0 Å². The monoisotopic (exact) mass is 196 g/mol. The lowest BCUT2D eigenvalue weighted by Gasteiger charge is -2.06. The number of carbonyl (C=O) groups is 1. The van der Waals surface area contributed by atoms with E-state index in [1.807, 2.05) is 26.0 Å². The van der Waals surface area contributed by atoms with Crippen molar-refractivity contribution in [2.45, 2.75) is 13.8 Å². The SMILES string of the molecule is Cc1ccc(NC(=O)CS)c(C)n1. The number of nitrogens with one attached hydrogen (secondary N) is 1. The van der Waals surface area contributed by atoms with Gasteiger partial charge >= 0.3 is 0 Å². The van der Waals surface area contributed by atoms with Gasteiger partial charge in [-0.25, -0.2) is 0 Å². The average Bonchev–Trinajstić information content (AvgIpc) is 2.09. The van der Waals surface area contributed by atoms with Crippen LogP contribution in [0.2, 0.25) is 0 Å². The largest absolute Gasteiger partial charge is 0.324 e. The summed E-state index contributed by atoms with van der Waals surface area (Å²) in [5, 5.41) is 2.71. The third-order valence-electron chi connectivity index (χ3n) is 1.64. The summed E-state index contributed by atoms with van der Waals surface area (Å²) < 4.78 is 0. The summed E-state index contributed by atoms with van der Waals surface area (Å²) >= 11 is 3.87. The van der Waals surface area contributed by atoms with Crippen molar-refractivity contribution in [1.29, 1.82) is 0 Å². The van der Waals surface area contributed by atoms with Crippen LogP contribution in [-0.2, 0) is 4.79 Å². The van der Waals surface area contributed by atoms with Crippen molar-refractivity contribution in [3.05, 3.63) is 23.5 Å². The molecule has 0 aliphatic heterocycles. The van der Waals surface area contributed by atoms with Crippen molar-refractivity contribution >= 4 is 24.2 Å². The lowest BCUT2D eigenvalue weighted by Crippen LogP contribution is -2.14. The second-order valence-electron chi connectivity index (χ2n) is 2.79. The topological polar surface area (TPSA) is 42.0 Å². The summed E-state index contributed by atoms with van der Waals surface area (Å²) in [6.07, 6.45) is 0. The van der Waals surface area contributed by atoms with Gasteiger partial charge in [-0.15, -0.1) is 0 Å². The molecule has 0 spiro atoms. The Morgan fingerprint density at radius 3 is 2.77 bits per heavy atom. The molecule has 0 aliphatic rings. The van der Waals surface area contributed by atoms with E-state index in [0.717, 1.165) is 17.1 Å². The number of nitrogens with zero attached hydrogens (tertiary/aromatic N) is 1. The Morgan fingerprint density at radius 1 is 1.54 bits per heavy atom. The zero-order chi connectivity index (χ0) is 9.84. The van der Waals surface area contributed by atoms with Crippen molar-refractivity contribution in [1.82, 2.24) is 4.98 Å². The summed E-state index contributed by atoms with van der Waals surface area (Å²) in [5.41, 5.74) is 2.53. The van der Waals surface area contributed by atoms with E-state index in [-0.39, 0.29) is 11.7 Å². The molecule has 1 aromatic rings. The van der Waals surface area contributed by atoms with Gasteiger partial charge in [0.1, 0.15) is 0 Å². The van der Waals surface area contributed by atoms with Crippen LogP contribution in [0.25, 0.3) is 0 Å². The maximum atomic E-state index is 11.0. The smallest absolute Gasteiger partial charge is 0.234 e. The van der Waals surface area contributed by atoms with E-state index in [4.69, 9.17) is 0 Å². The molecule has 70 valence electrons. The van der Waals surface area contributed by atoms with Crippen LogP contribution in [0.4, 0.5) is 5.69 Å². The lowest BCUT2D eigenvalue weighted by molar-refractivity contribution is -0.113. The highest BCUT2D eigenvalue weighted by molar-refractivity contribution is 7.81. The molecule has 13 heavy (non-hydrogen) atoms. The first-order valence-electron chi connectivity index (χ1n) is 3.98. The molecule has 0 saturated carbocycles. The molecule has 0 radical (unpaired) electrons. The van der Waals surface area contributed by atoms with Gasteiger partial charge in [-0.05, 0) is 26.0 Å². The van der Waals surface area contributed by atoms with Crippen LogP contribution < -0.4 is 5.32 Å². The Morgan fingerprint density at radius 2 is 2.23 bits per heavy atom. The number of thiol groups is 1. The highest BCUT2D eigenvalue weighted by atomic mass is 32.1. The third kappa shape index (κ3) is 2.73. The minimum atomic E-state index is -0.114. The first-order valence-corrected chi connectivity index (χ1v) is 4.61. The standard InChI is InChI=1S/C9H12N2OS/c1-6-3-4-8(7(2)10-6)11-9(12)5-13/h3-4,13H,5H2,1-2H3,(H,11,12). The second kappa shape index (κ2) is 4.28. The van der Waals surface area contributed by atoms with Crippen LogP contribution in [0.15, 0.2) is 12.1 Å². The number of pyridine rings is 1. The Hall–Kier alpha value is -1.03. The van der Waals surface area contributed by atoms with Crippen LogP contribution in [0.3, 0.4) is 0 Å². The molecular formula is C9H12N2OS. The Balaban J connectivity index is 2.83. The molecule has 1 aromatic heterocycles. The van der Waals surface area contributed by atoms with Crippen molar-refractivity contribution in [3.8, 4) is 0 Å². The molecule has 1 amide bonds. The first kappa shape index (κ1) is 10.1. The van der Waals surface area contributed by atoms with Crippen LogP contribution >= 0.6 is 12.6 Å². The average molecular weight is 196 g/mol. The van der Waals surface area contributed by atoms with Gasteiger partial charge in [0.15, 0.2) is 0 Å². The van der Waals surface area contributed by atoms with Gasteiger partial charge in [-0.2, -0.15) is 12.6 Å². The number of rotatable bonds is 2. The molecule has 0 aliphatic carbocycles. The quantitative estimate of drug-likeness (QED) is 0.705. The fourth-order valence-corrected chi connectivity index (χ4v) is 1.09. The molecule has 0 unspecified atom stereocenters. The van der Waals surface area contributed by atoms with E-state index >= 15 is 0 Å². The summed E-state index contributed by atoms with van der Waals surface area (Å²) in [6.45, 7) is 3.78. The van der Waals surface area contributed by atoms with Gasteiger partial charge in [-0.1, -0.05) is 0 Å².